The summed E-state index contributed by atoms with van der Waals surface area (Å²) in [6, 6.07) is 8.23. The highest BCUT2D eigenvalue weighted by Gasteiger charge is 2.44. The average molecular weight is 506 g/mol. The fraction of sp³-hybridized carbons (Fsp3) is 0.409. The number of imidazole rings is 1. The lowest BCUT2D eigenvalue weighted by molar-refractivity contribution is -0.0254. The smallest absolute Gasteiger partial charge is 0.339 e. The number of benzene rings is 1. The average Bonchev–Trinajstić information content (AvgIpc) is 3.19. The number of aromatic nitrogens is 4. The first-order chi connectivity index (χ1) is 15.9. The minimum atomic E-state index is -2.48. The maximum atomic E-state index is 13.7. The molecule has 12 heteroatoms. The summed E-state index contributed by atoms with van der Waals surface area (Å²) in [4.78, 5) is 38.6. The van der Waals surface area contributed by atoms with Gasteiger partial charge in [0.15, 0.2) is 19.1 Å². The monoisotopic (exact) mass is 505 g/mol. The summed E-state index contributed by atoms with van der Waals surface area (Å²) in [6.07, 6.45) is -1.44. The molecule has 34 heavy (non-hydrogen) atoms. The molecule has 0 bridgehead atoms. The molecule has 0 fully saturated rings. The number of ether oxygens (including phenoxy) is 1. The second kappa shape index (κ2) is 9.78. The van der Waals surface area contributed by atoms with Crippen LogP contribution < -0.4 is 5.73 Å². The first-order valence-electron chi connectivity index (χ1n) is 10.6. The highest BCUT2D eigenvalue weighted by molar-refractivity contribution is 6.74. The molecular formula is C22H28ClN5O5Si. The zero-order valence-electron chi connectivity index (χ0n) is 19.7. The second-order valence-corrected chi connectivity index (χ2v) is 14.4. The van der Waals surface area contributed by atoms with Crippen molar-refractivity contribution < 1.29 is 23.9 Å². The highest BCUT2D eigenvalue weighted by atomic mass is 35.5. The van der Waals surface area contributed by atoms with E-state index in [9.17, 15) is 14.7 Å². The maximum absolute atomic E-state index is 13.7. The Morgan fingerprint density at radius 1 is 1.21 bits per heavy atom. The van der Waals surface area contributed by atoms with Crippen molar-refractivity contribution in [2.45, 2.75) is 51.1 Å². The Morgan fingerprint density at radius 2 is 1.85 bits per heavy atom. The van der Waals surface area contributed by atoms with Gasteiger partial charge in [-0.3, -0.25) is 4.79 Å². The number of carbonyl (C=O) groups is 2. The largest absolute Gasteiger partial charge is 0.446 e. The van der Waals surface area contributed by atoms with Gasteiger partial charge >= 0.3 is 5.97 Å². The predicted octanol–water partition coefficient (Wildman–Crippen LogP) is 3.31. The van der Waals surface area contributed by atoms with E-state index in [1.807, 2.05) is 33.9 Å². The van der Waals surface area contributed by atoms with Crippen molar-refractivity contribution in [3.63, 3.8) is 0 Å². The van der Waals surface area contributed by atoms with Crippen LogP contribution in [0.2, 0.25) is 23.3 Å². The number of esters is 1. The van der Waals surface area contributed by atoms with Gasteiger partial charge in [0.1, 0.15) is 17.9 Å². The molecule has 2 heterocycles. The number of halogens is 1. The summed E-state index contributed by atoms with van der Waals surface area (Å²) in [7, 11) is -2.48. The van der Waals surface area contributed by atoms with E-state index < -0.39 is 39.0 Å². The molecule has 2 aromatic heterocycles. The Morgan fingerprint density at radius 3 is 2.44 bits per heavy atom. The molecule has 0 aliphatic heterocycles. The molecule has 0 aliphatic rings. The van der Waals surface area contributed by atoms with Crippen molar-refractivity contribution in [2.75, 3.05) is 12.3 Å². The SMILES string of the molecule is CC(C)(C)[Si](C)(C)O[C@@H](CO)[C@@H](OC(=O)c1ccccc1)C(=O)n1cnc2c(Cl)nc(N)nc21. The third kappa shape index (κ3) is 5.27. The Hall–Kier alpha value is -2.86. The van der Waals surface area contributed by atoms with Crippen LogP contribution in [-0.2, 0) is 9.16 Å². The quantitative estimate of drug-likeness (QED) is 0.281. The number of nitrogens with zero attached hydrogens (tertiary/aromatic N) is 4. The number of aliphatic hydroxyl groups excluding tert-OH is 1. The Labute approximate surface area is 203 Å². The molecule has 0 unspecified atom stereocenters. The van der Waals surface area contributed by atoms with Gasteiger partial charge in [0.05, 0.1) is 12.2 Å². The minimum Gasteiger partial charge on any atom is -0.446 e. The van der Waals surface area contributed by atoms with Gasteiger partial charge in [-0.1, -0.05) is 50.6 Å². The number of nitrogens with two attached hydrogens (primary N) is 1. The van der Waals surface area contributed by atoms with Crippen LogP contribution in [0.1, 0.15) is 35.9 Å². The van der Waals surface area contributed by atoms with Crippen LogP contribution in [0.15, 0.2) is 36.7 Å². The van der Waals surface area contributed by atoms with Gasteiger partial charge in [0.2, 0.25) is 12.1 Å². The Balaban J connectivity index is 2.05. The number of hydrogen-bond donors (Lipinski definition) is 2. The van der Waals surface area contributed by atoms with E-state index in [0.29, 0.717) is 0 Å². The molecule has 0 aliphatic carbocycles. The lowest BCUT2D eigenvalue weighted by Crippen LogP contribution is -2.52. The number of anilines is 1. The molecule has 1 aromatic carbocycles. The van der Waals surface area contributed by atoms with E-state index in [2.05, 4.69) is 15.0 Å². The van der Waals surface area contributed by atoms with Gasteiger partial charge in [0, 0.05) is 0 Å². The molecule has 3 rings (SSSR count). The number of carbonyl (C=O) groups excluding carboxylic acids is 2. The second-order valence-electron chi connectivity index (χ2n) is 9.29. The minimum absolute atomic E-state index is 0.0249. The highest BCUT2D eigenvalue weighted by Crippen LogP contribution is 2.38. The predicted molar refractivity (Wildman–Crippen MR) is 130 cm³/mol. The molecule has 0 amide bonds. The number of aliphatic hydroxyl groups is 1. The van der Waals surface area contributed by atoms with E-state index in [1.54, 1.807) is 30.3 Å². The Kier molecular flexibility index (Phi) is 7.41. The van der Waals surface area contributed by atoms with Gasteiger partial charge < -0.3 is 20.0 Å². The summed E-state index contributed by atoms with van der Waals surface area (Å²) in [5, 5.41) is 9.97. The fourth-order valence-corrected chi connectivity index (χ4v) is 4.50. The Bertz CT molecular complexity index is 1200. The molecule has 0 radical (unpaired) electrons. The van der Waals surface area contributed by atoms with Gasteiger partial charge in [-0.2, -0.15) is 9.97 Å². The molecule has 0 saturated carbocycles. The van der Waals surface area contributed by atoms with Crippen LogP contribution in [0.25, 0.3) is 11.2 Å². The summed E-state index contributed by atoms with van der Waals surface area (Å²) in [5.74, 6) is -1.62. The van der Waals surface area contributed by atoms with Crippen molar-refractivity contribution >= 4 is 48.9 Å². The molecule has 3 aromatic rings. The first-order valence-corrected chi connectivity index (χ1v) is 13.9. The molecular weight excluding hydrogens is 478 g/mol. The van der Waals surface area contributed by atoms with Gasteiger partial charge in [-0.05, 0) is 30.3 Å². The van der Waals surface area contributed by atoms with Crippen LogP contribution in [-0.4, -0.2) is 63.6 Å². The topological polar surface area (TPSA) is 142 Å². The lowest BCUT2D eigenvalue weighted by Gasteiger charge is -2.40. The maximum Gasteiger partial charge on any atom is 0.339 e. The number of nitrogen functional groups attached to an aromatic ring is 1. The standard InChI is InChI=1S/C22H28ClN5O5Si/c1-22(2,3)34(4,5)33-14(11-29)16(32-20(31)13-9-7-6-8-10-13)19(30)28-12-25-15-17(23)26-21(24)27-18(15)28/h6-10,12,14,16,29H,11H2,1-5H3,(H2,24,26,27)/t14-,16+/m0/s1. The number of fused-ring (bicyclic) bond motifs is 1. The molecule has 3 N–H and O–H groups in total. The third-order valence-corrected chi connectivity index (χ3v) is 10.6. The van der Waals surface area contributed by atoms with E-state index >= 15 is 0 Å². The summed E-state index contributed by atoms with van der Waals surface area (Å²) in [6.45, 7) is 9.44. The van der Waals surface area contributed by atoms with Crippen molar-refractivity contribution in [2.24, 2.45) is 0 Å². The number of rotatable bonds is 7. The zero-order chi connectivity index (χ0) is 25.3. The molecule has 0 spiro atoms. The van der Waals surface area contributed by atoms with Crippen molar-refractivity contribution in [1.82, 2.24) is 19.5 Å². The normalized spacial score (nSPS) is 14.1. The van der Waals surface area contributed by atoms with E-state index in [1.165, 1.54) is 6.33 Å². The molecule has 10 nitrogen and oxygen atoms in total. The van der Waals surface area contributed by atoms with Crippen LogP contribution >= 0.6 is 11.6 Å². The summed E-state index contributed by atoms with van der Waals surface area (Å²) in [5.41, 5.74) is 6.15. The van der Waals surface area contributed by atoms with Gasteiger partial charge in [0.25, 0.3) is 5.91 Å². The van der Waals surface area contributed by atoms with Crippen molar-refractivity contribution in [3.05, 3.63) is 47.4 Å². The zero-order valence-corrected chi connectivity index (χ0v) is 21.4. The molecule has 182 valence electrons. The van der Waals surface area contributed by atoms with E-state index in [-0.39, 0.29) is 32.9 Å². The van der Waals surface area contributed by atoms with Gasteiger partial charge in [-0.15, -0.1) is 0 Å². The summed E-state index contributed by atoms with van der Waals surface area (Å²) >= 11 is 6.09. The molecule has 2 atom stereocenters. The fourth-order valence-electron chi connectivity index (χ4n) is 2.97. The van der Waals surface area contributed by atoms with Crippen LogP contribution in [0.5, 0.6) is 0 Å². The van der Waals surface area contributed by atoms with Gasteiger partial charge in [-0.25, -0.2) is 14.3 Å². The summed E-state index contributed by atoms with van der Waals surface area (Å²) < 4.78 is 13.0. The van der Waals surface area contributed by atoms with Crippen molar-refractivity contribution in [1.29, 1.82) is 0 Å². The lowest BCUT2D eigenvalue weighted by atomic mass is 10.2. The van der Waals surface area contributed by atoms with Crippen LogP contribution in [0.4, 0.5) is 5.95 Å². The molecule has 0 saturated heterocycles. The first kappa shape index (κ1) is 25.8. The van der Waals surface area contributed by atoms with E-state index in [0.717, 1.165) is 4.57 Å². The van der Waals surface area contributed by atoms with Crippen LogP contribution in [0.3, 0.4) is 0 Å². The third-order valence-electron chi connectivity index (χ3n) is 5.86. The van der Waals surface area contributed by atoms with E-state index in [4.69, 9.17) is 26.5 Å². The van der Waals surface area contributed by atoms with Crippen LogP contribution in [0, 0.1) is 0 Å². The van der Waals surface area contributed by atoms with Crippen molar-refractivity contribution in [3.8, 4) is 0 Å². The number of hydrogen-bond acceptors (Lipinski definition) is 9.